The Morgan fingerprint density at radius 3 is 2.77 bits per heavy atom. The second-order valence-corrected chi connectivity index (χ2v) is 14.5. The van der Waals surface area contributed by atoms with Gasteiger partial charge in [-0.05, 0) is 55.3 Å². The van der Waals surface area contributed by atoms with Gasteiger partial charge in [-0.1, -0.05) is 18.2 Å². The molecule has 13 heteroatoms. The first kappa shape index (κ1) is 26.4. The molecule has 2 aliphatic rings. The van der Waals surface area contributed by atoms with Crippen LogP contribution in [0.25, 0.3) is 20.8 Å². The van der Waals surface area contributed by atoms with Crippen molar-refractivity contribution in [2.45, 2.75) is 43.0 Å². The van der Waals surface area contributed by atoms with Gasteiger partial charge in [0.15, 0.2) is 0 Å². The van der Waals surface area contributed by atoms with Gasteiger partial charge >= 0.3 is 6.09 Å². The lowest BCUT2D eigenvalue weighted by molar-refractivity contribution is -0.119. The summed E-state index contributed by atoms with van der Waals surface area (Å²) in [6.45, 7) is 3.27. The van der Waals surface area contributed by atoms with Gasteiger partial charge in [-0.3, -0.25) is 4.79 Å². The number of sulfonamides is 1. The Hall–Kier alpha value is -2.84. The van der Waals surface area contributed by atoms with Crippen molar-refractivity contribution in [1.29, 1.82) is 0 Å². The number of anilines is 1. The molecule has 1 atom stereocenters. The number of carbonyl (C=O) groups is 2. The molecule has 1 saturated heterocycles. The van der Waals surface area contributed by atoms with Crippen molar-refractivity contribution < 1.29 is 22.7 Å². The van der Waals surface area contributed by atoms with Crippen LogP contribution in [0.1, 0.15) is 30.2 Å². The third kappa shape index (κ3) is 4.86. The number of ether oxygens (including phenoxy) is 1. The third-order valence-electron chi connectivity index (χ3n) is 6.89. The number of hydrogen-bond donors (Lipinski definition) is 1. The molecule has 2 aliphatic heterocycles. The van der Waals surface area contributed by atoms with Crippen LogP contribution in [-0.4, -0.2) is 60.3 Å². The van der Waals surface area contributed by atoms with Gasteiger partial charge in [0.1, 0.15) is 20.3 Å². The van der Waals surface area contributed by atoms with Crippen molar-refractivity contribution in [3.05, 3.63) is 52.2 Å². The lowest BCUT2D eigenvalue weighted by Gasteiger charge is -2.26. The first-order chi connectivity index (χ1) is 18.9. The summed E-state index contributed by atoms with van der Waals surface area (Å²) in [5, 5.41) is 6.23. The van der Waals surface area contributed by atoms with Crippen LogP contribution in [0.2, 0.25) is 0 Å². The Balaban J connectivity index is 1.35. The van der Waals surface area contributed by atoms with E-state index in [1.54, 1.807) is 40.7 Å². The number of nitrogens with one attached hydrogen (secondary N) is 1. The summed E-state index contributed by atoms with van der Waals surface area (Å²) in [6, 6.07) is 10.4. The van der Waals surface area contributed by atoms with Gasteiger partial charge in [-0.2, -0.15) is 4.31 Å². The number of carbonyl (C=O) groups excluding carboxylic acids is 2. The zero-order valence-corrected chi connectivity index (χ0v) is 24.4. The Morgan fingerprint density at radius 1 is 1.15 bits per heavy atom. The maximum absolute atomic E-state index is 13.7. The summed E-state index contributed by atoms with van der Waals surface area (Å²) in [5.74, 6) is -0.351. The number of fused-ring (bicyclic) bond motifs is 2. The summed E-state index contributed by atoms with van der Waals surface area (Å²) in [7, 11) is -3.76. The highest BCUT2D eigenvalue weighted by molar-refractivity contribution is 7.91. The number of hydrogen-bond acceptors (Lipinski definition) is 9. The highest BCUT2D eigenvalue weighted by atomic mass is 32.2. The van der Waals surface area contributed by atoms with E-state index in [9.17, 15) is 18.0 Å². The van der Waals surface area contributed by atoms with E-state index in [1.165, 1.54) is 15.6 Å². The van der Waals surface area contributed by atoms with Gasteiger partial charge in [-0.15, -0.1) is 34.0 Å². The van der Waals surface area contributed by atoms with Crippen LogP contribution in [0.4, 0.5) is 9.80 Å². The minimum atomic E-state index is -3.76. The maximum Gasteiger partial charge on any atom is 0.410 e. The molecule has 4 aromatic rings. The third-order valence-corrected chi connectivity index (χ3v) is 12.4. The van der Waals surface area contributed by atoms with Gasteiger partial charge in [0.2, 0.25) is 5.91 Å². The molecule has 0 bridgehead atoms. The summed E-state index contributed by atoms with van der Waals surface area (Å²) in [6.07, 6.45) is 1.31. The Morgan fingerprint density at radius 2 is 2.00 bits per heavy atom. The average Bonchev–Trinajstić information content (AvgIpc) is 3.72. The van der Waals surface area contributed by atoms with E-state index >= 15 is 0 Å². The molecule has 9 nitrogen and oxygen atoms in total. The van der Waals surface area contributed by atoms with E-state index in [1.807, 2.05) is 24.3 Å². The number of aromatic nitrogens is 1. The van der Waals surface area contributed by atoms with Crippen LogP contribution in [-0.2, 0) is 32.5 Å². The Kier molecular flexibility index (Phi) is 7.18. The zero-order valence-electron chi connectivity index (χ0n) is 21.1. The van der Waals surface area contributed by atoms with Crippen molar-refractivity contribution in [1.82, 2.24) is 14.2 Å². The van der Waals surface area contributed by atoms with Gasteiger partial charge in [-0.25, -0.2) is 18.2 Å². The fraction of sp³-hybridized carbons (Fsp3) is 0.346. The number of thiophene rings is 2. The van der Waals surface area contributed by atoms with Crippen LogP contribution < -0.4 is 5.32 Å². The first-order valence-electron chi connectivity index (χ1n) is 12.6. The monoisotopic (exact) mass is 602 g/mol. The van der Waals surface area contributed by atoms with Crippen LogP contribution in [0.15, 0.2) is 46.0 Å². The average molecular weight is 603 g/mol. The zero-order chi connectivity index (χ0) is 27.1. The van der Waals surface area contributed by atoms with Crippen molar-refractivity contribution >= 4 is 71.3 Å². The SMILES string of the molecule is CCOC(=O)N1CCc2c(sc(NC(=O)C3CCCN3S(=O)(=O)c3cccs3)c2-c2nc3ccccc3s2)C1. The molecule has 39 heavy (non-hydrogen) atoms. The van der Waals surface area contributed by atoms with E-state index in [2.05, 4.69) is 5.32 Å². The molecule has 1 unspecified atom stereocenters. The standard InChI is InChI=1S/C26H26N4O5S4/c1-2-35-26(32)29-13-11-16-20(15-29)38-25(22(16)24-27-17-7-3-4-9-19(17)37-24)28-23(31)18-8-5-12-30(18)39(33,34)21-10-6-14-36-21/h3-4,6-7,9-10,14,18H,2,5,8,11-13,15H2,1H3,(H,28,31). The molecular weight excluding hydrogens is 577 g/mol. The lowest BCUT2D eigenvalue weighted by atomic mass is 10.0. The summed E-state index contributed by atoms with van der Waals surface area (Å²) in [4.78, 5) is 33.6. The van der Waals surface area contributed by atoms with Gasteiger partial charge in [0, 0.05) is 23.5 Å². The smallest absolute Gasteiger partial charge is 0.410 e. The van der Waals surface area contributed by atoms with Gasteiger partial charge in [0.25, 0.3) is 10.0 Å². The molecule has 1 aromatic carbocycles. The van der Waals surface area contributed by atoms with Crippen molar-refractivity contribution in [2.24, 2.45) is 0 Å². The molecule has 5 heterocycles. The van der Waals surface area contributed by atoms with Gasteiger partial charge in [0.05, 0.1) is 23.4 Å². The molecule has 6 rings (SSSR count). The van der Waals surface area contributed by atoms with Crippen LogP contribution in [0.3, 0.4) is 0 Å². The summed E-state index contributed by atoms with van der Waals surface area (Å²) < 4.78 is 34.3. The van der Waals surface area contributed by atoms with Crippen molar-refractivity contribution in [3.63, 3.8) is 0 Å². The number of para-hydroxylation sites is 1. The fourth-order valence-electron chi connectivity index (χ4n) is 5.08. The normalized spacial score (nSPS) is 17.9. The predicted octanol–water partition coefficient (Wildman–Crippen LogP) is 5.39. The lowest BCUT2D eigenvalue weighted by Crippen LogP contribution is -2.42. The number of amides is 2. The van der Waals surface area contributed by atoms with E-state index in [-0.39, 0.29) is 16.2 Å². The molecule has 0 radical (unpaired) electrons. The molecule has 204 valence electrons. The van der Waals surface area contributed by atoms with E-state index in [0.29, 0.717) is 50.5 Å². The minimum absolute atomic E-state index is 0.239. The second-order valence-electron chi connectivity index (χ2n) is 9.26. The van der Waals surface area contributed by atoms with Crippen LogP contribution >= 0.6 is 34.0 Å². The Labute approximate surface area is 238 Å². The summed E-state index contributed by atoms with van der Waals surface area (Å²) >= 11 is 4.12. The molecule has 1 fully saturated rings. The van der Waals surface area contributed by atoms with Crippen LogP contribution in [0.5, 0.6) is 0 Å². The fourth-order valence-corrected chi connectivity index (χ4v) is 10.2. The van der Waals surface area contributed by atoms with Gasteiger partial charge < -0.3 is 15.0 Å². The molecule has 0 aliphatic carbocycles. The first-order valence-corrected chi connectivity index (χ1v) is 16.6. The quantitative estimate of drug-likeness (QED) is 0.317. The highest BCUT2D eigenvalue weighted by Gasteiger charge is 2.40. The molecule has 0 saturated carbocycles. The maximum atomic E-state index is 13.7. The van der Waals surface area contributed by atoms with E-state index in [0.717, 1.165) is 42.6 Å². The molecular formula is C26H26N4O5S4. The largest absolute Gasteiger partial charge is 0.450 e. The second kappa shape index (κ2) is 10.6. The topological polar surface area (TPSA) is 109 Å². The van der Waals surface area contributed by atoms with Crippen molar-refractivity contribution in [3.8, 4) is 10.6 Å². The van der Waals surface area contributed by atoms with E-state index < -0.39 is 16.1 Å². The molecule has 1 N–H and O–H groups in total. The Bertz CT molecular complexity index is 1610. The highest BCUT2D eigenvalue weighted by Crippen LogP contribution is 2.46. The molecule has 2 amide bonds. The summed E-state index contributed by atoms with van der Waals surface area (Å²) in [5.41, 5.74) is 2.80. The molecule has 0 spiro atoms. The van der Waals surface area contributed by atoms with Crippen molar-refractivity contribution in [2.75, 3.05) is 25.0 Å². The number of thiazole rings is 1. The number of nitrogens with zero attached hydrogens (tertiary/aromatic N) is 3. The minimum Gasteiger partial charge on any atom is -0.450 e. The predicted molar refractivity (Wildman–Crippen MR) is 154 cm³/mol. The van der Waals surface area contributed by atoms with E-state index in [4.69, 9.17) is 9.72 Å². The molecule has 3 aromatic heterocycles. The van der Waals surface area contributed by atoms with Crippen LogP contribution in [0, 0.1) is 0 Å². The number of rotatable bonds is 6. The number of benzene rings is 1.